The molecule has 9 heteroatoms. The molecule has 0 amide bonds. The van der Waals surface area contributed by atoms with E-state index in [-0.39, 0.29) is 22.1 Å². The molecule has 2 aromatic heterocycles. The molecule has 0 spiro atoms. The zero-order valence-electron chi connectivity index (χ0n) is 16.9. The highest BCUT2D eigenvalue weighted by molar-refractivity contribution is 7.90. The molecule has 0 atom stereocenters. The van der Waals surface area contributed by atoms with Gasteiger partial charge in [0.15, 0.2) is 5.82 Å². The van der Waals surface area contributed by atoms with Gasteiger partial charge in [0.2, 0.25) is 15.0 Å². The number of nitrogens with zero attached hydrogens (tertiary/aromatic N) is 4. The summed E-state index contributed by atoms with van der Waals surface area (Å²) in [6.45, 7) is 2.42. The topological polar surface area (TPSA) is 104 Å². The van der Waals surface area contributed by atoms with Crippen LogP contribution in [0.5, 0.6) is 0 Å². The average Bonchev–Trinajstić information content (AvgIpc) is 3.15. The van der Waals surface area contributed by atoms with Gasteiger partial charge in [-0.1, -0.05) is 36.4 Å². The van der Waals surface area contributed by atoms with Crippen LogP contribution in [0.1, 0.15) is 6.92 Å². The van der Waals surface area contributed by atoms with Gasteiger partial charge in [-0.2, -0.15) is 0 Å². The summed E-state index contributed by atoms with van der Waals surface area (Å²) in [6, 6.07) is 15.8. The van der Waals surface area contributed by atoms with Crippen molar-refractivity contribution in [3.05, 3.63) is 66.6 Å². The minimum atomic E-state index is -3.64. The summed E-state index contributed by atoms with van der Waals surface area (Å²) in [4.78, 5) is 12.8. The number of anilines is 1. The molecule has 2 heterocycles. The Balaban J connectivity index is 2.08. The normalized spacial score (nSPS) is 11.6. The van der Waals surface area contributed by atoms with Gasteiger partial charge in [0, 0.05) is 30.1 Å². The van der Waals surface area contributed by atoms with Crippen LogP contribution < -0.4 is 5.73 Å². The first kappa shape index (κ1) is 20.7. The highest BCUT2D eigenvalue weighted by atomic mass is 32.2. The molecule has 4 rings (SSSR count). The van der Waals surface area contributed by atoms with Crippen molar-refractivity contribution in [3.63, 3.8) is 0 Å². The summed E-state index contributed by atoms with van der Waals surface area (Å²) in [5.41, 5.74) is 8.00. The van der Waals surface area contributed by atoms with E-state index in [0.717, 1.165) is 11.8 Å². The lowest BCUT2D eigenvalue weighted by molar-refractivity contribution is 0.593. The lowest BCUT2D eigenvalue weighted by Crippen LogP contribution is -2.05. The fourth-order valence-electron chi connectivity index (χ4n) is 3.40. The number of rotatable bonds is 5. The number of imidazole rings is 1. The van der Waals surface area contributed by atoms with E-state index < -0.39 is 15.7 Å². The second kappa shape index (κ2) is 7.92. The Morgan fingerprint density at radius 2 is 1.77 bits per heavy atom. The molecule has 0 aliphatic heterocycles. The molecular formula is C22H20FN5O2S. The van der Waals surface area contributed by atoms with Crippen molar-refractivity contribution in [3.8, 4) is 34.0 Å². The van der Waals surface area contributed by atoms with Crippen molar-refractivity contribution in [2.24, 2.45) is 0 Å². The Hall–Kier alpha value is -3.59. The minimum Gasteiger partial charge on any atom is -0.396 e. The molecule has 2 aromatic carbocycles. The van der Waals surface area contributed by atoms with Crippen LogP contribution in [-0.2, 0) is 16.4 Å². The fraction of sp³-hybridized carbons (Fsp3) is 0.136. The molecule has 31 heavy (non-hydrogen) atoms. The Bertz CT molecular complexity index is 1370. The number of aromatic nitrogens is 4. The summed E-state index contributed by atoms with van der Waals surface area (Å²) in [6.07, 6.45) is 2.38. The maximum absolute atomic E-state index is 15.1. The molecule has 0 aliphatic rings. The van der Waals surface area contributed by atoms with Crippen molar-refractivity contribution in [1.29, 1.82) is 0 Å². The van der Waals surface area contributed by atoms with E-state index in [1.165, 1.54) is 12.3 Å². The van der Waals surface area contributed by atoms with E-state index in [1.807, 2.05) is 41.8 Å². The van der Waals surface area contributed by atoms with Gasteiger partial charge in [-0.25, -0.2) is 27.8 Å². The van der Waals surface area contributed by atoms with E-state index >= 15 is 4.39 Å². The van der Waals surface area contributed by atoms with Crippen LogP contribution >= 0.6 is 0 Å². The number of nitrogens with two attached hydrogens (primary N) is 1. The molecule has 4 aromatic rings. The second-order valence-electron chi connectivity index (χ2n) is 6.95. The van der Waals surface area contributed by atoms with E-state index in [1.54, 1.807) is 18.2 Å². The molecular weight excluding hydrogens is 417 g/mol. The van der Waals surface area contributed by atoms with Gasteiger partial charge in [0.25, 0.3) is 0 Å². The summed E-state index contributed by atoms with van der Waals surface area (Å²) in [5, 5.41) is -0.323. The van der Waals surface area contributed by atoms with Crippen molar-refractivity contribution in [2.75, 3.05) is 12.0 Å². The van der Waals surface area contributed by atoms with Gasteiger partial charge in [-0.3, -0.25) is 0 Å². The fourth-order valence-corrected chi connectivity index (χ4v) is 3.92. The zero-order valence-corrected chi connectivity index (χ0v) is 17.8. The molecule has 2 N–H and O–H groups in total. The van der Waals surface area contributed by atoms with Gasteiger partial charge >= 0.3 is 0 Å². The third-order valence-corrected chi connectivity index (χ3v) is 5.67. The standard InChI is InChI=1S/C22H20FN5O2S/c1-3-28-20(15-10-7-11-16(24)18(15)23)19(27-21(28)14-8-5-4-6-9-14)17-12-13-25-22(26-17)31(2,29)30/h4-13H,3,24H2,1-2H3. The molecule has 0 fully saturated rings. The molecule has 0 saturated carbocycles. The monoisotopic (exact) mass is 437 g/mol. The minimum absolute atomic E-state index is 0.00748. The SMILES string of the molecule is CCn1c(-c2ccccc2)nc(-c2ccnc(S(C)(=O)=O)n2)c1-c1cccc(N)c1F. The average molecular weight is 438 g/mol. The van der Waals surface area contributed by atoms with Gasteiger partial charge in [0.1, 0.15) is 11.5 Å². The summed E-state index contributed by atoms with van der Waals surface area (Å²) in [5.74, 6) is 0.0322. The van der Waals surface area contributed by atoms with Crippen LogP contribution in [0.25, 0.3) is 34.0 Å². The first-order valence-electron chi connectivity index (χ1n) is 9.55. The van der Waals surface area contributed by atoms with Gasteiger partial charge in [-0.15, -0.1) is 0 Å². The molecule has 0 radical (unpaired) electrons. The van der Waals surface area contributed by atoms with Gasteiger partial charge in [-0.05, 0) is 25.1 Å². The summed E-state index contributed by atoms with van der Waals surface area (Å²) >= 11 is 0. The van der Waals surface area contributed by atoms with Gasteiger partial charge < -0.3 is 10.3 Å². The Kier molecular flexibility index (Phi) is 5.28. The van der Waals surface area contributed by atoms with Crippen molar-refractivity contribution in [2.45, 2.75) is 18.6 Å². The number of sulfone groups is 1. The maximum Gasteiger partial charge on any atom is 0.247 e. The lowest BCUT2D eigenvalue weighted by Gasteiger charge is -2.12. The number of nitrogen functional groups attached to an aromatic ring is 1. The number of hydrogen-bond acceptors (Lipinski definition) is 6. The summed E-state index contributed by atoms with van der Waals surface area (Å²) in [7, 11) is -3.64. The smallest absolute Gasteiger partial charge is 0.247 e. The lowest BCUT2D eigenvalue weighted by atomic mass is 10.1. The van der Waals surface area contributed by atoms with Crippen LogP contribution in [0.2, 0.25) is 0 Å². The Morgan fingerprint density at radius 3 is 2.45 bits per heavy atom. The largest absolute Gasteiger partial charge is 0.396 e. The number of hydrogen-bond donors (Lipinski definition) is 1. The predicted molar refractivity (Wildman–Crippen MR) is 117 cm³/mol. The van der Waals surface area contributed by atoms with E-state index in [9.17, 15) is 8.42 Å². The Labute approximate surface area is 179 Å². The van der Waals surface area contributed by atoms with Gasteiger partial charge in [0.05, 0.1) is 17.1 Å². The number of benzene rings is 2. The zero-order chi connectivity index (χ0) is 22.2. The highest BCUT2D eigenvalue weighted by Gasteiger charge is 2.25. The van der Waals surface area contributed by atoms with Crippen LogP contribution in [0.4, 0.5) is 10.1 Å². The quantitative estimate of drug-likeness (QED) is 0.376. The van der Waals surface area contributed by atoms with Crippen LogP contribution in [0.3, 0.4) is 0 Å². The van der Waals surface area contributed by atoms with E-state index in [0.29, 0.717) is 23.8 Å². The van der Waals surface area contributed by atoms with Crippen LogP contribution in [-0.4, -0.2) is 34.2 Å². The summed E-state index contributed by atoms with van der Waals surface area (Å²) < 4.78 is 40.9. The second-order valence-corrected chi connectivity index (χ2v) is 8.86. The van der Waals surface area contributed by atoms with Crippen molar-refractivity contribution < 1.29 is 12.8 Å². The molecule has 0 bridgehead atoms. The van der Waals surface area contributed by atoms with Crippen molar-refractivity contribution >= 4 is 15.5 Å². The first-order valence-corrected chi connectivity index (χ1v) is 11.4. The molecule has 0 aliphatic carbocycles. The van der Waals surface area contributed by atoms with E-state index in [4.69, 9.17) is 10.7 Å². The highest BCUT2D eigenvalue weighted by Crippen LogP contribution is 2.37. The predicted octanol–water partition coefficient (Wildman–Crippen LogP) is 3.82. The molecule has 158 valence electrons. The molecule has 0 unspecified atom stereocenters. The number of halogens is 1. The third kappa shape index (κ3) is 3.79. The van der Waals surface area contributed by atoms with Crippen LogP contribution in [0, 0.1) is 5.82 Å². The third-order valence-electron chi connectivity index (χ3n) is 4.81. The molecule has 0 saturated heterocycles. The Morgan fingerprint density at radius 1 is 1.03 bits per heavy atom. The first-order chi connectivity index (χ1) is 14.8. The van der Waals surface area contributed by atoms with E-state index in [2.05, 4.69) is 9.97 Å². The van der Waals surface area contributed by atoms with Crippen LogP contribution in [0.15, 0.2) is 66.0 Å². The maximum atomic E-state index is 15.1. The van der Waals surface area contributed by atoms with Crippen molar-refractivity contribution in [1.82, 2.24) is 19.5 Å². The molecule has 7 nitrogen and oxygen atoms in total.